The van der Waals surface area contributed by atoms with Crippen molar-refractivity contribution in [2.75, 3.05) is 68.0 Å². The average molecular weight is 1080 g/mol. The summed E-state index contributed by atoms with van der Waals surface area (Å²) in [4.78, 5) is 53.3. The molecule has 5 aliphatic heterocycles. The van der Waals surface area contributed by atoms with Gasteiger partial charge in [0, 0.05) is 96.6 Å². The van der Waals surface area contributed by atoms with E-state index in [0.29, 0.717) is 47.2 Å². The first-order valence-electron chi connectivity index (χ1n) is 27.4. The average Bonchev–Trinajstić information content (AvgIpc) is 4.35. The number of rotatable bonds is 5. The molecule has 0 amide bonds. The lowest BCUT2D eigenvalue weighted by Crippen LogP contribution is -2.17. The Bertz CT molecular complexity index is 3110. The summed E-state index contributed by atoms with van der Waals surface area (Å²) in [6, 6.07) is 18.1. The second kappa shape index (κ2) is 30.6. The van der Waals surface area contributed by atoms with Gasteiger partial charge in [-0.15, -0.1) is 12.8 Å². The van der Waals surface area contributed by atoms with E-state index in [2.05, 4.69) is 150 Å². The molecule has 3 N–H and O–H groups in total. The summed E-state index contributed by atoms with van der Waals surface area (Å²) in [5.74, 6) is 17.8. The number of carbonyl (C=O) groups is 2. The molecule has 15 nitrogen and oxygen atoms in total. The predicted molar refractivity (Wildman–Crippen MR) is 312 cm³/mol. The Labute approximate surface area is 474 Å². The number of hydrogen-bond acceptors (Lipinski definition) is 13. The van der Waals surface area contributed by atoms with Crippen molar-refractivity contribution in [3.63, 3.8) is 0 Å². The van der Waals surface area contributed by atoms with Crippen LogP contribution in [0.15, 0.2) is 91.9 Å². The first-order chi connectivity index (χ1) is 38.4. The summed E-state index contributed by atoms with van der Waals surface area (Å²) in [5, 5.41) is 26.5. The van der Waals surface area contributed by atoms with Crippen molar-refractivity contribution in [1.82, 2.24) is 49.4 Å². The summed E-state index contributed by atoms with van der Waals surface area (Å²) in [6.07, 6.45) is 35.4. The lowest BCUT2D eigenvalue weighted by Gasteiger charge is -2.19. The van der Waals surface area contributed by atoms with Gasteiger partial charge in [-0.25, -0.2) is 24.5 Å². The molecule has 5 unspecified atom stereocenters. The summed E-state index contributed by atoms with van der Waals surface area (Å²) in [6.45, 7) is 9.06. The number of aliphatic carboxylic acids is 2. The number of carboxylic acid groups (broad SMARTS) is 2. The Kier molecular flexibility index (Phi) is 23.5. The molecule has 0 spiro atoms. The maximum Gasteiger partial charge on any atom is 0.382 e. The Balaban J connectivity index is 0.000000162. The summed E-state index contributed by atoms with van der Waals surface area (Å²) in [7, 11) is 10.7. The van der Waals surface area contributed by atoms with E-state index in [1.54, 1.807) is 38.5 Å². The zero-order valence-electron chi connectivity index (χ0n) is 47.4. The molecule has 0 aromatic carbocycles. The molecule has 10 heterocycles. The van der Waals surface area contributed by atoms with Crippen LogP contribution in [0.4, 0.5) is 0 Å². The van der Waals surface area contributed by atoms with Gasteiger partial charge in [-0.3, -0.25) is 34.5 Å². The molecule has 10 rings (SSSR count). The minimum Gasteiger partial charge on any atom is -0.472 e. The van der Waals surface area contributed by atoms with Crippen LogP contribution in [-0.2, 0) is 9.59 Å². The number of aliphatic hydroxyl groups is 1. The van der Waals surface area contributed by atoms with Crippen LogP contribution in [0.25, 0.3) is 0 Å². The Morgan fingerprint density at radius 3 is 1.15 bits per heavy atom. The smallest absolute Gasteiger partial charge is 0.382 e. The lowest BCUT2D eigenvalue weighted by atomic mass is 10.1. The zero-order chi connectivity index (χ0) is 57.6. The number of terminal acetylenes is 2. The van der Waals surface area contributed by atoms with Crippen molar-refractivity contribution in [3.8, 4) is 60.2 Å². The van der Waals surface area contributed by atoms with Crippen LogP contribution in [-0.4, -0.2) is 150 Å². The molecule has 5 aliphatic rings. The van der Waals surface area contributed by atoms with Crippen LogP contribution in [0, 0.1) is 60.2 Å². The van der Waals surface area contributed by atoms with E-state index < -0.39 is 17.5 Å². The first kappa shape index (κ1) is 61.5. The Morgan fingerprint density at radius 1 is 0.475 bits per heavy atom. The van der Waals surface area contributed by atoms with Crippen LogP contribution < -0.4 is 0 Å². The van der Waals surface area contributed by atoms with Crippen molar-refractivity contribution in [2.45, 2.75) is 114 Å². The molecular weight excluding hydrogens is 1000 g/mol. The third-order valence-corrected chi connectivity index (χ3v) is 14.8. The van der Waals surface area contributed by atoms with Crippen LogP contribution in [0.3, 0.4) is 0 Å². The summed E-state index contributed by atoms with van der Waals surface area (Å²) >= 11 is 0. The minimum atomic E-state index is -1.13. The fourth-order valence-corrected chi connectivity index (χ4v) is 10.6. The SMILES string of the molecule is C#Cc1ccc(C2CCCN2C)cn1.C#Cc1cncc(C2CCCN2C)c1.CN1CCCC1c1ccc(C#CC(=O)O)nc1.CN1CCCC1c1ccc(C#CC(C)(C)O)nc1.CN1CCCC1c1cncc(C#CC(=O)O)c1. The van der Waals surface area contributed by atoms with Gasteiger partial charge < -0.3 is 15.3 Å². The monoisotopic (exact) mass is 1080 g/mol. The zero-order valence-corrected chi connectivity index (χ0v) is 47.4. The van der Waals surface area contributed by atoms with E-state index >= 15 is 0 Å². The van der Waals surface area contributed by atoms with E-state index in [1.807, 2.05) is 49.1 Å². The largest absolute Gasteiger partial charge is 0.472 e. The summed E-state index contributed by atoms with van der Waals surface area (Å²) in [5.41, 5.74) is 8.56. The standard InChI is InChI=1S/C15H20N2O.2C13H14N2O2.2C12H14N2/c1-15(2,18)9-8-13-7-6-12(11-16-13)14-5-4-10-17(14)3;1-15-8-2-3-12(15)10-4-5-11(14-9-10)6-7-13(16)17;1-15-6-2-3-12(15)11-7-10(8-14-9-11)4-5-13(16)17;1-3-11-7-6-10(9-13-11)12-5-4-8-14(12)2;1-3-10-7-11(9-13-8-10)12-5-4-6-14(12)2/h6-7,11,14,18H,4-5,10H2,1-3H3;4-5,9,12H,2-3,8H2,1H3,(H,16,17);7-9,12H,2-3,6H2,1H3,(H,16,17);1,6-7,9,12H,4-5,8H2,2H3;1,7-9,12H,4-6H2,2H3. The highest BCUT2D eigenvalue weighted by atomic mass is 16.4. The quantitative estimate of drug-likeness (QED) is 0.144. The molecule has 5 aromatic heterocycles. The van der Waals surface area contributed by atoms with Crippen molar-refractivity contribution in [3.05, 3.63) is 148 Å². The molecule has 0 saturated carbocycles. The molecule has 5 fully saturated rings. The van der Waals surface area contributed by atoms with Gasteiger partial charge in [-0.2, -0.15) is 0 Å². The number of nitrogens with zero attached hydrogens (tertiary/aromatic N) is 10. The Hall–Kier alpha value is -7.75. The number of aromatic nitrogens is 5. The third kappa shape index (κ3) is 19.3. The van der Waals surface area contributed by atoms with Gasteiger partial charge in [-0.05, 0) is 216 Å². The topological polar surface area (TPSA) is 175 Å². The second-order valence-corrected chi connectivity index (χ2v) is 21.3. The first-order valence-corrected chi connectivity index (χ1v) is 27.4. The van der Waals surface area contributed by atoms with E-state index in [1.165, 1.54) is 86.7 Å². The molecule has 0 aliphatic carbocycles. The molecule has 5 saturated heterocycles. The lowest BCUT2D eigenvalue weighted by molar-refractivity contribution is -0.131. The molecule has 5 aromatic rings. The fourth-order valence-electron chi connectivity index (χ4n) is 10.6. The van der Waals surface area contributed by atoms with Crippen molar-refractivity contribution in [1.29, 1.82) is 0 Å². The van der Waals surface area contributed by atoms with Crippen LogP contribution in [0.1, 0.15) is 164 Å². The maximum atomic E-state index is 10.4. The number of pyridine rings is 5. The van der Waals surface area contributed by atoms with Crippen molar-refractivity contribution >= 4 is 11.9 Å². The number of carboxylic acids is 2. The van der Waals surface area contributed by atoms with Crippen LogP contribution >= 0.6 is 0 Å². The normalized spacial score (nSPS) is 20.8. The van der Waals surface area contributed by atoms with Gasteiger partial charge in [0.1, 0.15) is 22.7 Å². The minimum absolute atomic E-state index is 0.383. The molecule has 5 atom stereocenters. The van der Waals surface area contributed by atoms with E-state index in [4.69, 9.17) is 23.1 Å². The molecule has 80 heavy (non-hydrogen) atoms. The highest BCUT2D eigenvalue weighted by molar-refractivity contribution is 5.87. The highest BCUT2D eigenvalue weighted by Crippen LogP contribution is 2.33. The van der Waals surface area contributed by atoms with E-state index in [9.17, 15) is 14.7 Å². The van der Waals surface area contributed by atoms with Crippen molar-refractivity contribution in [2.24, 2.45) is 0 Å². The molecule has 0 radical (unpaired) electrons. The van der Waals surface area contributed by atoms with E-state index in [-0.39, 0.29) is 0 Å². The maximum absolute atomic E-state index is 10.4. The molecule has 15 heteroatoms. The fraction of sp³-hybridized carbons (Fsp3) is 0.431. The summed E-state index contributed by atoms with van der Waals surface area (Å²) < 4.78 is 0. The van der Waals surface area contributed by atoms with Gasteiger partial charge in [0.15, 0.2) is 0 Å². The predicted octanol–water partition coefficient (Wildman–Crippen LogP) is 8.20. The molecule has 416 valence electrons. The molecular formula is C65H76N10O5. The van der Waals surface area contributed by atoms with Crippen LogP contribution in [0.5, 0.6) is 0 Å². The van der Waals surface area contributed by atoms with Gasteiger partial charge in [-0.1, -0.05) is 41.9 Å². The highest BCUT2D eigenvalue weighted by Gasteiger charge is 2.26. The van der Waals surface area contributed by atoms with E-state index in [0.717, 1.165) is 49.3 Å². The number of hydrogen-bond donors (Lipinski definition) is 3. The van der Waals surface area contributed by atoms with Gasteiger partial charge in [0.05, 0.1) is 0 Å². The van der Waals surface area contributed by atoms with Gasteiger partial charge in [0.25, 0.3) is 0 Å². The third-order valence-electron chi connectivity index (χ3n) is 14.8. The Morgan fingerprint density at radius 2 is 0.825 bits per heavy atom. The molecule has 0 bridgehead atoms. The van der Waals surface area contributed by atoms with Crippen LogP contribution in [0.2, 0.25) is 0 Å². The van der Waals surface area contributed by atoms with Gasteiger partial charge in [0.2, 0.25) is 0 Å². The second-order valence-electron chi connectivity index (χ2n) is 21.3. The van der Waals surface area contributed by atoms with Crippen molar-refractivity contribution < 1.29 is 24.9 Å². The van der Waals surface area contributed by atoms with Gasteiger partial charge >= 0.3 is 11.9 Å². The number of likely N-dealkylation sites (tertiary alicyclic amines) is 5.